The highest BCUT2D eigenvalue weighted by atomic mass is 32.2. The number of nitrogens with zero attached hydrogens (tertiary/aromatic N) is 3. The molecule has 19 heavy (non-hydrogen) atoms. The molecule has 0 aromatic carbocycles. The average molecular weight is 288 g/mol. The predicted octanol–water partition coefficient (Wildman–Crippen LogP) is -0.752. The summed E-state index contributed by atoms with van der Waals surface area (Å²) in [5, 5.41) is 12.7. The number of likely N-dealkylation sites (tertiary alicyclic amines) is 1. The summed E-state index contributed by atoms with van der Waals surface area (Å²) in [7, 11) is -1.48. The molecule has 0 amide bonds. The van der Waals surface area contributed by atoms with Crippen LogP contribution in [0.1, 0.15) is 12.8 Å². The monoisotopic (exact) mass is 288 g/mol. The number of rotatable bonds is 5. The second kappa shape index (κ2) is 6.00. The van der Waals surface area contributed by atoms with Gasteiger partial charge in [-0.1, -0.05) is 0 Å². The molecule has 1 aromatic heterocycles. The van der Waals surface area contributed by atoms with Gasteiger partial charge in [-0.15, -0.1) is 0 Å². The van der Waals surface area contributed by atoms with Gasteiger partial charge in [-0.25, -0.2) is 13.1 Å². The van der Waals surface area contributed by atoms with Crippen molar-refractivity contribution in [2.75, 3.05) is 26.7 Å². The van der Waals surface area contributed by atoms with Crippen LogP contribution in [-0.4, -0.2) is 61.0 Å². The lowest BCUT2D eigenvalue weighted by atomic mass is 10.1. The first-order valence-electron chi connectivity index (χ1n) is 6.35. The molecule has 2 rings (SSSR count). The topological polar surface area (TPSA) is 87.5 Å². The molecular formula is C11H20N4O3S. The fourth-order valence-electron chi connectivity index (χ4n) is 2.12. The third-order valence-electron chi connectivity index (χ3n) is 3.29. The lowest BCUT2D eigenvalue weighted by Crippen LogP contribution is -2.43. The maximum Gasteiger partial charge on any atom is 0.243 e. The summed E-state index contributed by atoms with van der Waals surface area (Å²) in [6, 6.07) is -0.0117. The standard InChI is InChI=1S/C11H20N4O3S/c1-14-4-2-10(3-5-14)13-19(17,18)11-8-12-15(9-11)6-7-16/h8-10,13,16H,2-7H2,1H3. The van der Waals surface area contributed by atoms with Gasteiger partial charge >= 0.3 is 0 Å². The summed E-state index contributed by atoms with van der Waals surface area (Å²) in [6.45, 7) is 2.03. The fraction of sp³-hybridized carbons (Fsp3) is 0.727. The zero-order valence-corrected chi connectivity index (χ0v) is 11.8. The highest BCUT2D eigenvalue weighted by molar-refractivity contribution is 7.89. The summed E-state index contributed by atoms with van der Waals surface area (Å²) < 4.78 is 28.5. The largest absolute Gasteiger partial charge is 0.394 e. The van der Waals surface area contributed by atoms with Crippen molar-refractivity contribution >= 4 is 10.0 Å². The quantitative estimate of drug-likeness (QED) is 0.744. The van der Waals surface area contributed by atoms with Gasteiger partial charge in [0.15, 0.2) is 0 Å². The molecule has 0 radical (unpaired) electrons. The Morgan fingerprint density at radius 3 is 2.79 bits per heavy atom. The zero-order valence-electron chi connectivity index (χ0n) is 11.0. The van der Waals surface area contributed by atoms with Crippen molar-refractivity contribution < 1.29 is 13.5 Å². The van der Waals surface area contributed by atoms with Gasteiger partial charge in [0.2, 0.25) is 10.0 Å². The molecule has 1 fully saturated rings. The van der Waals surface area contributed by atoms with E-state index in [1.165, 1.54) is 17.1 Å². The van der Waals surface area contributed by atoms with Crippen molar-refractivity contribution in [3.63, 3.8) is 0 Å². The fourth-order valence-corrected chi connectivity index (χ4v) is 3.38. The van der Waals surface area contributed by atoms with Crippen molar-refractivity contribution in [2.24, 2.45) is 0 Å². The summed E-state index contributed by atoms with van der Waals surface area (Å²) in [6.07, 6.45) is 4.39. The smallest absolute Gasteiger partial charge is 0.243 e. The highest BCUT2D eigenvalue weighted by Crippen LogP contribution is 2.13. The first kappa shape index (κ1) is 14.4. The number of sulfonamides is 1. The van der Waals surface area contributed by atoms with Gasteiger partial charge in [-0.05, 0) is 33.0 Å². The Balaban J connectivity index is 2.01. The van der Waals surface area contributed by atoms with Gasteiger partial charge in [0.25, 0.3) is 0 Å². The van der Waals surface area contributed by atoms with E-state index in [4.69, 9.17) is 5.11 Å². The van der Waals surface area contributed by atoms with Gasteiger partial charge in [0, 0.05) is 12.2 Å². The first-order valence-corrected chi connectivity index (χ1v) is 7.84. The lowest BCUT2D eigenvalue weighted by molar-refractivity contribution is 0.248. The third kappa shape index (κ3) is 3.75. The van der Waals surface area contributed by atoms with Crippen molar-refractivity contribution in [1.29, 1.82) is 0 Å². The van der Waals surface area contributed by atoms with E-state index in [2.05, 4.69) is 14.7 Å². The number of aliphatic hydroxyl groups is 1. The summed E-state index contributed by atoms with van der Waals surface area (Å²) in [4.78, 5) is 2.34. The Kier molecular flexibility index (Phi) is 4.56. The van der Waals surface area contributed by atoms with Crippen LogP contribution in [0.5, 0.6) is 0 Å². The van der Waals surface area contributed by atoms with E-state index in [1.54, 1.807) is 0 Å². The minimum atomic E-state index is -3.51. The average Bonchev–Trinajstić information content (AvgIpc) is 2.82. The SMILES string of the molecule is CN1CCC(NS(=O)(=O)c2cnn(CCO)c2)CC1. The second-order valence-electron chi connectivity index (χ2n) is 4.86. The summed E-state index contributed by atoms with van der Waals surface area (Å²) >= 11 is 0. The molecule has 0 aliphatic carbocycles. The van der Waals surface area contributed by atoms with E-state index in [0.29, 0.717) is 6.54 Å². The minimum Gasteiger partial charge on any atom is -0.394 e. The lowest BCUT2D eigenvalue weighted by Gasteiger charge is -2.29. The molecule has 0 saturated carbocycles. The van der Waals surface area contributed by atoms with E-state index >= 15 is 0 Å². The molecule has 2 heterocycles. The maximum absolute atomic E-state index is 12.2. The van der Waals surface area contributed by atoms with E-state index in [1.807, 2.05) is 7.05 Å². The van der Waals surface area contributed by atoms with Crippen molar-refractivity contribution in [2.45, 2.75) is 30.3 Å². The summed E-state index contributed by atoms with van der Waals surface area (Å²) in [5.41, 5.74) is 0. The molecular weight excluding hydrogens is 268 g/mol. The van der Waals surface area contributed by atoms with Crippen molar-refractivity contribution in [3.8, 4) is 0 Å². The Hall–Kier alpha value is -0.960. The van der Waals surface area contributed by atoms with Crippen LogP contribution in [0.25, 0.3) is 0 Å². The van der Waals surface area contributed by atoms with Gasteiger partial charge < -0.3 is 10.0 Å². The Morgan fingerprint density at radius 2 is 2.16 bits per heavy atom. The number of aliphatic hydroxyl groups excluding tert-OH is 1. The molecule has 0 unspecified atom stereocenters. The van der Waals surface area contributed by atoms with Crippen LogP contribution in [-0.2, 0) is 16.6 Å². The van der Waals surface area contributed by atoms with Gasteiger partial charge in [0.05, 0.1) is 19.3 Å². The molecule has 0 spiro atoms. The molecule has 0 bridgehead atoms. The van der Waals surface area contributed by atoms with Gasteiger partial charge in [-0.2, -0.15) is 5.10 Å². The van der Waals surface area contributed by atoms with Crippen molar-refractivity contribution in [3.05, 3.63) is 12.4 Å². The number of hydrogen-bond donors (Lipinski definition) is 2. The van der Waals surface area contributed by atoms with E-state index in [9.17, 15) is 8.42 Å². The van der Waals surface area contributed by atoms with Crippen LogP contribution in [0.15, 0.2) is 17.3 Å². The second-order valence-corrected chi connectivity index (χ2v) is 6.58. The Bertz CT molecular complexity index is 506. The Morgan fingerprint density at radius 1 is 1.47 bits per heavy atom. The molecule has 108 valence electrons. The summed E-state index contributed by atoms with van der Waals surface area (Å²) in [5.74, 6) is 0. The molecule has 7 nitrogen and oxygen atoms in total. The van der Waals surface area contributed by atoms with Gasteiger partial charge in [-0.3, -0.25) is 4.68 Å². The molecule has 1 saturated heterocycles. The van der Waals surface area contributed by atoms with Crippen LogP contribution in [0, 0.1) is 0 Å². The molecule has 0 atom stereocenters. The number of aromatic nitrogens is 2. The molecule has 1 aliphatic heterocycles. The third-order valence-corrected chi connectivity index (χ3v) is 4.76. The number of hydrogen-bond acceptors (Lipinski definition) is 5. The van der Waals surface area contributed by atoms with Crippen molar-refractivity contribution in [1.82, 2.24) is 19.4 Å². The van der Waals surface area contributed by atoms with Crippen LogP contribution < -0.4 is 4.72 Å². The van der Waals surface area contributed by atoms with Gasteiger partial charge in [0.1, 0.15) is 4.90 Å². The predicted molar refractivity (Wildman–Crippen MR) is 70.2 cm³/mol. The minimum absolute atomic E-state index is 0.0117. The van der Waals surface area contributed by atoms with Crippen LogP contribution in [0.3, 0.4) is 0 Å². The van der Waals surface area contributed by atoms with Crippen LogP contribution in [0.4, 0.5) is 0 Å². The number of piperidine rings is 1. The van der Waals surface area contributed by atoms with Crippen LogP contribution >= 0.6 is 0 Å². The normalized spacial score (nSPS) is 18.8. The van der Waals surface area contributed by atoms with E-state index in [-0.39, 0.29) is 17.5 Å². The molecule has 2 N–H and O–H groups in total. The molecule has 1 aliphatic rings. The maximum atomic E-state index is 12.2. The first-order chi connectivity index (χ1) is 9.01. The zero-order chi connectivity index (χ0) is 13.9. The Labute approximate surface area is 113 Å². The molecule has 1 aromatic rings. The molecule has 8 heteroatoms. The highest BCUT2D eigenvalue weighted by Gasteiger charge is 2.24. The van der Waals surface area contributed by atoms with E-state index < -0.39 is 10.0 Å². The number of nitrogens with one attached hydrogen (secondary N) is 1. The van der Waals surface area contributed by atoms with E-state index in [0.717, 1.165) is 25.9 Å². The van der Waals surface area contributed by atoms with Crippen LogP contribution in [0.2, 0.25) is 0 Å².